The molecule has 0 aliphatic heterocycles. The molecule has 0 atom stereocenters. The summed E-state index contributed by atoms with van der Waals surface area (Å²) in [6.07, 6.45) is 0.960. The van der Waals surface area contributed by atoms with Gasteiger partial charge in [0.05, 0.1) is 6.54 Å². The van der Waals surface area contributed by atoms with Gasteiger partial charge in [-0.1, -0.05) is 35.3 Å². The fourth-order valence-corrected chi connectivity index (χ4v) is 2.59. The van der Waals surface area contributed by atoms with Crippen molar-refractivity contribution in [3.8, 4) is 11.3 Å². The van der Waals surface area contributed by atoms with Crippen molar-refractivity contribution in [1.29, 1.82) is 0 Å². The first-order chi connectivity index (χ1) is 11.2. The van der Waals surface area contributed by atoms with E-state index < -0.39 is 0 Å². The molecule has 0 saturated heterocycles. The van der Waals surface area contributed by atoms with Crippen molar-refractivity contribution in [2.75, 3.05) is 6.54 Å². The van der Waals surface area contributed by atoms with Crippen LogP contribution in [0.3, 0.4) is 0 Å². The molecule has 0 bridgehead atoms. The number of hydrogen-bond acceptors (Lipinski definition) is 2. The Bertz CT molecular complexity index is 748. The van der Waals surface area contributed by atoms with Crippen molar-refractivity contribution in [3.63, 3.8) is 0 Å². The molecule has 4 heteroatoms. The summed E-state index contributed by atoms with van der Waals surface area (Å²) in [5.74, 6) is 1.78. The normalized spacial score (nSPS) is 10.9. The zero-order valence-electron chi connectivity index (χ0n) is 12.6. The summed E-state index contributed by atoms with van der Waals surface area (Å²) in [6, 6.07) is 19.6. The maximum Gasteiger partial charge on any atom is 0.134 e. The molecule has 0 radical (unpaired) electrons. The molecular formula is C19H17Cl2NO. The van der Waals surface area contributed by atoms with E-state index in [1.54, 1.807) is 0 Å². The molecule has 1 aromatic heterocycles. The molecule has 1 N–H and O–H groups in total. The van der Waals surface area contributed by atoms with Crippen LogP contribution in [-0.4, -0.2) is 6.54 Å². The third-order valence-corrected chi connectivity index (χ3v) is 4.10. The Kier molecular flexibility index (Phi) is 5.39. The first kappa shape index (κ1) is 16.1. The molecule has 2 aromatic carbocycles. The van der Waals surface area contributed by atoms with Crippen LogP contribution in [0.15, 0.2) is 65.1 Å². The fourth-order valence-electron chi connectivity index (χ4n) is 2.34. The average molecular weight is 346 g/mol. The van der Waals surface area contributed by atoms with Crippen molar-refractivity contribution >= 4 is 23.2 Å². The van der Waals surface area contributed by atoms with Crippen LogP contribution in [-0.2, 0) is 13.0 Å². The van der Waals surface area contributed by atoms with E-state index >= 15 is 0 Å². The van der Waals surface area contributed by atoms with Gasteiger partial charge in [-0.05, 0) is 67.1 Å². The Hall–Kier alpha value is -1.74. The van der Waals surface area contributed by atoms with Crippen LogP contribution < -0.4 is 5.32 Å². The lowest BCUT2D eigenvalue weighted by Gasteiger charge is -2.03. The minimum Gasteiger partial charge on any atom is -0.460 e. The van der Waals surface area contributed by atoms with Crippen LogP contribution in [0.1, 0.15) is 11.3 Å². The van der Waals surface area contributed by atoms with Gasteiger partial charge in [0.1, 0.15) is 11.5 Å². The maximum absolute atomic E-state index is 5.90. The molecule has 2 nitrogen and oxygen atoms in total. The molecule has 1 heterocycles. The SMILES string of the molecule is Clc1ccc(CCNCc2ccc(-c3ccc(Cl)cc3)o2)cc1. The number of nitrogens with one attached hydrogen (secondary N) is 1. The van der Waals surface area contributed by atoms with Gasteiger partial charge in [0.25, 0.3) is 0 Å². The van der Waals surface area contributed by atoms with Gasteiger partial charge < -0.3 is 9.73 Å². The van der Waals surface area contributed by atoms with E-state index in [0.29, 0.717) is 6.54 Å². The van der Waals surface area contributed by atoms with Gasteiger partial charge in [-0.15, -0.1) is 0 Å². The van der Waals surface area contributed by atoms with E-state index in [0.717, 1.165) is 40.1 Å². The average Bonchev–Trinajstić information content (AvgIpc) is 3.03. The van der Waals surface area contributed by atoms with E-state index in [1.807, 2.05) is 48.5 Å². The summed E-state index contributed by atoms with van der Waals surface area (Å²) in [5, 5.41) is 4.89. The monoisotopic (exact) mass is 345 g/mol. The minimum absolute atomic E-state index is 0.710. The lowest BCUT2D eigenvalue weighted by atomic mass is 10.1. The van der Waals surface area contributed by atoms with Gasteiger partial charge in [-0.2, -0.15) is 0 Å². The number of hydrogen-bond donors (Lipinski definition) is 1. The predicted octanol–water partition coefficient (Wildman–Crippen LogP) is 5.59. The molecule has 23 heavy (non-hydrogen) atoms. The second kappa shape index (κ2) is 7.69. The van der Waals surface area contributed by atoms with Crippen molar-refractivity contribution in [2.24, 2.45) is 0 Å². The molecule has 3 rings (SSSR count). The highest BCUT2D eigenvalue weighted by atomic mass is 35.5. The van der Waals surface area contributed by atoms with E-state index in [2.05, 4.69) is 17.4 Å². The minimum atomic E-state index is 0.710. The Labute approximate surface area is 146 Å². The first-order valence-corrected chi connectivity index (χ1v) is 8.26. The smallest absolute Gasteiger partial charge is 0.134 e. The molecular weight excluding hydrogens is 329 g/mol. The fraction of sp³-hybridized carbons (Fsp3) is 0.158. The molecule has 0 saturated carbocycles. The third kappa shape index (κ3) is 4.61. The largest absolute Gasteiger partial charge is 0.460 e. The first-order valence-electron chi connectivity index (χ1n) is 7.50. The highest BCUT2D eigenvalue weighted by molar-refractivity contribution is 6.30. The molecule has 0 unspecified atom stereocenters. The Morgan fingerprint density at radius 3 is 2.13 bits per heavy atom. The summed E-state index contributed by atoms with van der Waals surface area (Å²) in [5.41, 5.74) is 2.30. The third-order valence-electron chi connectivity index (χ3n) is 3.59. The van der Waals surface area contributed by atoms with E-state index in [4.69, 9.17) is 27.6 Å². The highest BCUT2D eigenvalue weighted by Crippen LogP contribution is 2.23. The van der Waals surface area contributed by atoms with Crippen molar-refractivity contribution in [2.45, 2.75) is 13.0 Å². The molecule has 3 aromatic rings. The van der Waals surface area contributed by atoms with Crippen LogP contribution in [0.5, 0.6) is 0 Å². The van der Waals surface area contributed by atoms with Crippen molar-refractivity contribution < 1.29 is 4.42 Å². The molecule has 0 spiro atoms. The summed E-state index contributed by atoms with van der Waals surface area (Å²) in [6.45, 7) is 1.60. The zero-order valence-corrected chi connectivity index (χ0v) is 14.1. The summed E-state index contributed by atoms with van der Waals surface area (Å²) < 4.78 is 5.85. The Morgan fingerprint density at radius 1 is 0.783 bits per heavy atom. The Balaban J connectivity index is 1.49. The molecule has 0 aliphatic rings. The van der Waals surface area contributed by atoms with Crippen LogP contribution in [0.2, 0.25) is 10.0 Å². The number of halogens is 2. The van der Waals surface area contributed by atoms with Gasteiger partial charge in [0.15, 0.2) is 0 Å². The molecule has 118 valence electrons. The number of furan rings is 1. The zero-order chi connectivity index (χ0) is 16.1. The van der Waals surface area contributed by atoms with Crippen LogP contribution >= 0.6 is 23.2 Å². The van der Waals surface area contributed by atoms with Gasteiger partial charge in [-0.25, -0.2) is 0 Å². The van der Waals surface area contributed by atoms with E-state index in [9.17, 15) is 0 Å². The standard InChI is InChI=1S/C19H17Cl2NO/c20-16-5-1-14(2-6-16)11-12-22-13-18-9-10-19(23-18)15-3-7-17(21)8-4-15/h1-10,22H,11-13H2. The highest BCUT2D eigenvalue weighted by Gasteiger charge is 2.04. The second-order valence-electron chi connectivity index (χ2n) is 5.33. The molecule has 0 amide bonds. The maximum atomic E-state index is 5.90. The van der Waals surface area contributed by atoms with E-state index in [-0.39, 0.29) is 0 Å². The topological polar surface area (TPSA) is 25.2 Å². The lowest BCUT2D eigenvalue weighted by Crippen LogP contribution is -2.16. The van der Waals surface area contributed by atoms with Gasteiger partial charge in [-0.3, -0.25) is 0 Å². The van der Waals surface area contributed by atoms with Crippen molar-refractivity contribution in [1.82, 2.24) is 5.32 Å². The number of rotatable bonds is 6. The number of benzene rings is 2. The summed E-state index contributed by atoms with van der Waals surface area (Å²) in [4.78, 5) is 0. The lowest BCUT2D eigenvalue weighted by molar-refractivity contribution is 0.495. The van der Waals surface area contributed by atoms with Crippen molar-refractivity contribution in [3.05, 3.63) is 82.0 Å². The predicted molar refractivity (Wildman–Crippen MR) is 96.0 cm³/mol. The Morgan fingerprint density at radius 2 is 1.43 bits per heavy atom. The van der Waals surface area contributed by atoms with Gasteiger partial charge in [0, 0.05) is 15.6 Å². The van der Waals surface area contributed by atoms with E-state index in [1.165, 1.54) is 5.56 Å². The second-order valence-corrected chi connectivity index (χ2v) is 6.20. The quantitative estimate of drug-likeness (QED) is 0.589. The van der Waals surface area contributed by atoms with Crippen LogP contribution in [0.25, 0.3) is 11.3 Å². The molecule has 0 fully saturated rings. The summed E-state index contributed by atoms with van der Waals surface area (Å²) >= 11 is 11.8. The molecule has 0 aliphatic carbocycles. The van der Waals surface area contributed by atoms with Gasteiger partial charge >= 0.3 is 0 Å². The summed E-state index contributed by atoms with van der Waals surface area (Å²) in [7, 11) is 0. The van der Waals surface area contributed by atoms with Gasteiger partial charge in [0.2, 0.25) is 0 Å². The van der Waals surface area contributed by atoms with Crippen LogP contribution in [0, 0.1) is 0 Å². The van der Waals surface area contributed by atoms with Crippen LogP contribution in [0.4, 0.5) is 0 Å².